The van der Waals surface area contributed by atoms with Crippen LogP contribution in [-0.2, 0) is 16.0 Å². The lowest BCUT2D eigenvalue weighted by Crippen LogP contribution is -2.25. The highest BCUT2D eigenvalue weighted by atomic mass is 79.9. The molecule has 1 aliphatic rings. The molecule has 3 aromatic carbocycles. The minimum absolute atomic E-state index is 0.0504. The first-order valence-electron chi connectivity index (χ1n) is 10.8. The Bertz CT molecular complexity index is 1820. The van der Waals surface area contributed by atoms with Crippen molar-refractivity contribution >= 4 is 107 Å². The second-order valence-electron chi connectivity index (χ2n) is 8.02. The summed E-state index contributed by atoms with van der Waals surface area (Å²) in [5.41, 5.74) is 4.65. The Kier molecular flexibility index (Phi) is 7.77. The highest BCUT2D eigenvalue weighted by Gasteiger charge is 2.27. The van der Waals surface area contributed by atoms with E-state index in [0.29, 0.717) is 42.0 Å². The van der Waals surface area contributed by atoms with Gasteiger partial charge in [0, 0.05) is 19.9 Å². The number of fused-ring (bicyclic) bond motifs is 1. The van der Waals surface area contributed by atoms with Gasteiger partial charge in [0.15, 0.2) is 3.95 Å². The second kappa shape index (κ2) is 10.9. The number of carbonyl (C=O) groups excluding carboxylic acids is 2. The Morgan fingerprint density at radius 2 is 1.82 bits per heavy atom. The number of anilines is 2. The van der Waals surface area contributed by atoms with Crippen LogP contribution in [0.4, 0.5) is 11.4 Å². The molecule has 0 spiro atoms. The lowest BCUT2D eigenvalue weighted by Gasteiger charge is -2.15. The minimum Gasteiger partial charge on any atom is -0.492 e. The van der Waals surface area contributed by atoms with Crippen LogP contribution in [0.25, 0.3) is 5.57 Å². The molecule has 0 radical (unpaired) electrons. The van der Waals surface area contributed by atoms with Crippen LogP contribution in [0, 0.1) is 3.95 Å². The van der Waals surface area contributed by atoms with Crippen molar-refractivity contribution in [1.82, 2.24) is 4.68 Å². The van der Waals surface area contributed by atoms with Crippen molar-refractivity contribution in [3.8, 4) is 5.88 Å². The normalized spacial score (nSPS) is 12.3. The van der Waals surface area contributed by atoms with Gasteiger partial charge in [-0.25, -0.2) is 4.99 Å². The number of para-hydroxylation sites is 2. The molecule has 0 bridgehead atoms. The number of hydrogen-bond acceptors (Lipinski definition) is 6. The fraction of sp³-hybridized carbons (Fsp3) is 0.0400. The van der Waals surface area contributed by atoms with E-state index in [1.807, 2.05) is 6.07 Å². The lowest BCUT2D eigenvalue weighted by molar-refractivity contribution is -0.116. The molecule has 0 saturated carbocycles. The van der Waals surface area contributed by atoms with Crippen LogP contribution in [-0.4, -0.2) is 21.6 Å². The maximum Gasteiger partial charge on any atom is 0.279 e. The molecule has 0 atom stereocenters. The van der Waals surface area contributed by atoms with E-state index in [2.05, 4.69) is 47.6 Å². The largest absolute Gasteiger partial charge is 0.492 e. The lowest BCUT2D eigenvalue weighted by atomic mass is 10.1. The molecule has 7 nitrogen and oxygen atoms in total. The standard InChI is InChI=1S/C25H14Br2Cl2N4O3S2/c26-12-9-13-19(23(35)31-20(13)14(27)10-12)22-24(36)33(25(37)38-22)32-18(34)8-11-4-1-2-7-17(11)30-21-15(28)5-3-6-16(21)29/h1-7,9-10,30,36H,8H2,(H,32,34). The Hall–Kier alpha value is -2.54. The van der Waals surface area contributed by atoms with E-state index in [1.54, 1.807) is 48.5 Å². The van der Waals surface area contributed by atoms with Gasteiger partial charge in [-0.15, -0.1) is 0 Å². The average Bonchev–Trinajstić information content (AvgIpc) is 3.32. The van der Waals surface area contributed by atoms with E-state index in [-0.39, 0.29) is 26.7 Å². The molecule has 0 unspecified atom stereocenters. The van der Waals surface area contributed by atoms with Crippen molar-refractivity contribution < 1.29 is 14.7 Å². The summed E-state index contributed by atoms with van der Waals surface area (Å²) < 4.78 is 2.60. The zero-order chi connectivity index (χ0) is 27.1. The van der Waals surface area contributed by atoms with Crippen LogP contribution < -0.4 is 21.3 Å². The van der Waals surface area contributed by atoms with Gasteiger partial charge in [-0.3, -0.25) is 15.0 Å². The Balaban J connectivity index is 1.44. The summed E-state index contributed by atoms with van der Waals surface area (Å²) in [6.07, 6.45) is -0.0504. The molecule has 4 aromatic rings. The molecule has 3 N–H and O–H groups in total. The molecule has 192 valence electrons. The maximum atomic E-state index is 13.0. The van der Waals surface area contributed by atoms with E-state index in [4.69, 9.17) is 35.4 Å². The molecule has 1 aromatic heterocycles. The molecule has 2 amide bonds. The van der Waals surface area contributed by atoms with E-state index in [9.17, 15) is 14.7 Å². The van der Waals surface area contributed by atoms with Crippen molar-refractivity contribution in [2.45, 2.75) is 6.42 Å². The van der Waals surface area contributed by atoms with Crippen molar-refractivity contribution in [2.24, 2.45) is 4.99 Å². The number of hydrogen-bond donors (Lipinski definition) is 3. The van der Waals surface area contributed by atoms with E-state index < -0.39 is 11.8 Å². The number of nitrogens with one attached hydrogen (secondary N) is 2. The Labute approximate surface area is 251 Å². The summed E-state index contributed by atoms with van der Waals surface area (Å²) in [6, 6.07) is 15.9. The number of nitrogens with zero attached hydrogens (tertiary/aromatic N) is 2. The van der Waals surface area contributed by atoms with E-state index in [1.165, 1.54) is 0 Å². The molecular formula is C25H14Br2Cl2N4O3S2. The van der Waals surface area contributed by atoms with E-state index >= 15 is 0 Å². The fourth-order valence-electron chi connectivity index (χ4n) is 3.88. The predicted octanol–water partition coefficient (Wildman–Crippen LogP) is 6.23. The zero-order valence-electron chi connectivity index (χ0n) is 18.9. The third kappa shape index (κ3) is 5.18. The number of carbonyl (C=O) groups is 2. The Morgan fingerprint density at radius 1 is 1.11 bits per heavy atom. The SMILES string of the molecule is O=C(Cc1ccccc1Nc1c(Cl)cccc1Cl)Nn1c(O)c(C2=c3cc(Br)cc(Br)c3=NC2=O)sc1=S. The monoisotopic (exact) mass is 710 g/mol. The van der Waals surface area contributed by atoms with Gasteiger partial charge in [-0.2, -0.15) is 4.68 Å². The molecule has 0 saturated heterocycles. The molecule has 1 aliphatic heterocycles. The number of halogens is 4. The highest BCUT2D eigenvalue weighted by Crippen LogP contribution is 2.34. The molecule has 13 heteroatoms. The topological polar surface area (TPSA) is 95.7 Å². The first-order valence-corrected chi connectivity index (χ1v) is 14.4. The van der Waals surface area contributed by atoms with Crippen molar-refractivity contribution in [3.63, 3.8) is 0 Å². The number of aromatic hydroxyl groups is 1. The summed E-state index contributed by atoms with van der Waals surface area (Å²) in [5.74, 6) is -1.31. The maximum absolute atomic E-state index is 13.0. The second-order valence-corrected chi connectivity index (χ2v) is 12.3. The summed E-state index contributed by atoms with van der Waals surface area (Å²) >= 11 is 25.8. The number of thiazole rings is 1. The smallest absolute Gasteiger partial charge is 0.279 e. The van der Waals surface area contributed by atoms with Gasteiger partial charge >= 0.3 is 0 Å². The molecule has 5 rings (SSSR count). The summed E-state index contributed by atoms with van der Waals surface area (Å²) in [4.78, 5) is 30.1. The quantitative estimate of drug-likeness (QED) is 0.206. The molecule has 38 heavy (non-hydrogen) atoms. The van der Waals surface area contributed by atoms with Gasteiger partial charge in [-0.1, -0.05) is 74.7 Å². The predicted molar refractivity (Wildman–Crippen MR) is 159 cm³/mol. The van der Waals surface area contributed by atoms with Crippen molar-refractivity contribution in [3.05, 3.63) is 98.6 Å². The first-order chi connectivity index (χ1) is 18.1. The van der Waals surface area contributed by atoms with Gasteiger partial charge in [0.1, 0.15) is 4.88 Å². The minimum atomic E-state index is -0.512. The van der Waals surface area contributed by atoms with Crippen molar-refractivity contribution in [1.29, 1.82) is 0 Å². The molecule has 2 heterocycles. The van der Waals surface area contributed by atoms with Gasteiger partial charge in [0.2, 0.25) is 11.8 Å². The van der Waals surface area contributed by atoms with Gasteiger partial charge in [0.05, 0.1) is 33.1 Å². The van der Waals surface area contributed by atoms with Crippen LogP contribution in [0.1, 0.15) is 10.4 Å². The number of amides is 2. The van der Waals surface area contributed by atoms with Crippen LogP contribution in [0.5, 0.6) is 5.88 Å². The number of aromatic nitrogens is 1. The van der Waals surface area contributed by atoms with Crippen molar-refractivity contribution in [2.75, 3.05) is 10.7 Å². The van der Waals surface area contributed by atoms with Gasteiger partial charge in [0.25, 0.3) is 5.91 Å². The highest BCUT2D eigenvalue weighted by molar-refractivity contribution is 9.11. The van der Waals surface area contributed by atoms with E-state index in [0.717, 1.165) is 20.5 Å². The van der Waals surface area contributed by atoms with Crippen LogP contribution in [0.15, 0.2) is 68.5 Å². The molecule has 0 aliphatic carbocycles. The Morgan fingerprint density at radius 3 is 2.55 bits per heavy atom. The average molecular weight is 713 g/mol. The first kappa shape index (κ1) is 27.0. The molecule has 0 fully saturated rings. The molecular weight excluding hydrogens is 699 g/mol. The number of rotatable bonds is 6. The third-order valence-electron chi connectivity index (χ3n) is 5.57. The summed E-state index contributed by atoms with van der Waals surface area (Å²) in [5, 5.41) is 16.1. The summed E-state index contributed by atoms with van der Waals surface area (Å²) in [6.45, 7) is 0. The zero-order valence-corrected chi connectivity index (χ0v) is 25.2. The fourth-order valence-corrected chi connectivity index (χ4v) is 6.94. The third-order valence-corrected chi connectivity index (χ3v) is 8.64. The van der Waals surface area contributed by atoms with Crippen LogP contribution in [0.3, 0.4) is 0 Å². The summed E-state index contributed by atoms with van der Waals surface area (Å²) in [7, 11) is 0. The van der Waals surface area contributed by atoms with Crippen LogP contribution >= 0.6 is 78.6 Å². The van der Waals surface area contributed by atoms with Gasteiger partial charge in [-0.05, 0) is 64.0 Å². The van der Waals surface area contributed by atoms with Crippen LogP contribution in [0.2, 0.25) is 10.0 Å². The number of benzene rings is 3. The van der Waals surface area contributed by atoms with Gasteiger partial charge < -0.3 is 10.4 Å².